The molecule has 0 aliphatic heterocycles. The van der Waals surface area contributed by atoms with Gasteiger partial charge in [-0.05, 0) is 48.6 Å². The third-order valence-corrected chi connectivity index (χ3v) is 5.39. The molecule has 17 heavy (non-hydrogen) atoms. The molecule has 2 aliphatic carbocycles. The van der Waals surface area contributed by atoms with Crippen LogP contribution in [0.2, 0.25) is 0 Å². The first-order valence-corrected chi connectivity index (χ1v) is 8.65. The van der Waals surface area contributed by atoms with Crippen molar-refractivity contribution < 1.29 is 0 Å². The molecule has 2 rings (SSSR count). The van der Waals surface area contributed by atoms with Crippen LogP contribution < -0.4 is 5.32 Å². The van der Waals surface area contributed by atoms with E-state index in [1.54, 1.807) is 0 Å². The summed E-state index contributed by atoms with van der Waals surface area (Å²) in [6, 6.07) is 0.886. The van der Waals surface area contributed by atoms with Gasteiger partial charge in [-0.15, -0.1) is 0 Å². The van der Waals surface area contributed by atoms with Gasteiger partial charge in [0.1, 0.15) is 0 Å². The van der Waals surface area contributed by atoms with Crippen LogP contribution in [0.3, 0.4) is 0 Å². The molecule has 2 heteroatoms. The Morgan fingerprint density at radius 3 is 2.41 bits per heavy atom. The number of hydrogen-bond acceptors (Lipinski definition) is 2. The van der Waals surface area contributed by atoms with Gasteiger partial charge in [0.2, 0.25) is 0 Å². The molecule has 100 valence electrons. The lowest BCUT2D eigenvalue weighted by Crippen LogP contribution is -2.29. The summed E-state index contributed by atoms with van der Waals surface area (Å²) in [5.41, 5.74) is 0. The summed E-state index contributed by atoms with van der Waals surface area (Å²) >= 11 is 2.14. The Morgan fingerprint density at radius 1 is 1.12 bits per heavy atom. The van der Waals surface area contributed by atoms with Crippen molar-refractivity contribution in [2.24, 2.45) is 11.8 Å². The number of rotatable bonds is 8. The maximum Gasteiger partial charge on any atom is 0.00683 e. The van der Waals surface area contributed by atoms with Crippen LogP contribution in [-0.4, -0.2) is 23.6 Å². The SMILES string of the molecule is CC(C)SCCC(CNC1CC1)C1CCCC1. The Hall–Kier alpha value is 0.310. The van der Waals surface area contributed by atoms with Gasteiger partial charge >= 0.3 is 0 Å². The first-order chi connectivity index (χ1) is 8.25. The third-order valence-electron chi connectivity index (χ3n) is 4.25. The summed E-state index contributed by atoms with van der Waals surface area (Å²) in [4.78, 5) is 0. The van der Waals surface area contributed by atoms with E-state index >= 15 is 0 Å². The molecule has 0 amide bonds. The van der Waals surface area contributed by atoms with Crippen molar-refractivity contribution in [3.8, 4) is 0 Å². The molecule has 0 aromatic carbocycles. The highest BCUT2D eigenvalue weighted by Crippen LogP contribution is 2.34. The smallest absolute Gasteiger partial charge is 0.00683 e. The number of nitrogens with one attached hydrogen (secondary N) is 1. The van der Waals surface area contributed by atoms with Crippen LogP contribution in [0.15, 0.2) is 0 Å². The highest BCUT2D eigenvalue weighted by atomic mass is 32.2. The van der Waals surface area contributed by atoms with Crippen molar-refractivity contribution in [3.05, 3.63) is 0 Å². The van der Waals surface area contributed by atoms with Crippen LogP contribution in [0, 0.1) is 11.8 Å². The zero-order valence-electron chi connectivity index (χ0n) is 11.6. The summed E-state index contributed by atoms with van der Waals surface area (Å²) in [5, 5.41) is 4.56. The van der Waals surface area contributed by atoms with Crippen LogP contribution in [0.4, 0.5) is 0 Å². The van der Waals surface area contributed by atoms with Crippen LogP contribution in [-0.2, 0) is 0 Å². The molecule has 0 heterocycles. The standard InChI is InChI=1S/C15H29NS/c1-12(2)17-10-9-14(11-16-15-7-8-15)13-5-3-4-6-13/h12-16H,3-11H2,1-2H3. The molecule has 1 N–H and O–H groups in total. The topological polar surface area (TPSA) is 12.0 Å². The molecule has 0 saturated heterocycles. The van der Waals surface area contributed by atoms with Crippen LogP contribution >= 0.6 is 11.8 Å². The second-order valence-electron chi connectivity index (χ2n) is 6.20. The molecule has 1 atom stereocenters. The number of hydrogen-bond donors (Lipinski definition) is 1. The summed E-state index contributed by atoms with van der Waals surface area (Å²) in [6.07, 6.45) is 10.3. The highest BCUT2D eigenvalue weighted by molar-refractivity contribution is 7.99. The molecule has 0 aromatic rings. The van der Waals surface area contributed by atoms with Crippen molar-refractivity contribution in [1.82, 2.24) is 5.32 Å². The van der Waals surface area contributed by atoms with E-state index in [0.29, 0.717) is 0 Å². The van der Waals surface area contributed by atoms with Crippen LogP contribution in [0.5, 0.6) is 0 Å². The Bertz CT molecular complexity index is 207. The highest BCUT2D eigenvalue weighted by Gasteiger charge is 2.27. The second-order valence-corrected chi connectivity index (χ2v) is 7.88. The fourth-order valence-corrected chi connectivity index (χ4v) is 3.90. The van der Waals surface area contributed by atoms with Gasteiger partial charge in [-0.2, -0.15) is 11.8 Å². The first kappa shape index (κ1) is 13.7. The van der Waals surface area contributed by atoms with E-state index in [1.807, 2.05) is 0 Å². The minimum absolute atomic E-state index is 0.801. The molecule has 2 aliphatic rings. The molecule has 1 unspecified atom stereocenters. The zero-order chi connectivity index (χ0) is 12.1. The Kier molecular flexibility index (Phi) is 5.68. The van der Waals surface area contributed by atoms with E-state index in [-0.39, 0.29) is 0 Å². The van der Waals surface area contributed by atoms with Crippen molar-refractivity contribution in [3.63, 3.8) is 0 Å². The van der Waals surface area contributed by atoms with Crippen molar-refractivity contribution >= 4 is 11.8 Å². The van der Waals surface area contributed by atoms with Crippen LogP contribution in [0.25, 0.3) is 0 Å². The van der Waals surface area contributed by atoms with Gasteiger partial charge < -0.3 is 5.32 Å². The lowest BCUT2D eigenvalue weighted by Gasteiger charge is -2.24. The normalized spacial score (nSPS) is 23.5. The molecule has 2 saturated carbocycles. The molecular weight excluding hydrogens is 226 g/mol. The fraction of sp³-hybridized carbons (Fsp3) is 1.00. The predicted molar refractivity (Wildman–Crippen MR) is 78.7 cm³/mol. The predicted octanol–water partition coefficient (Wildman–Crippen LogP) is 4.08. The summed E-state index contributed by atoms with van der Waals surface area (Å²) in [6.45, 7) is 5.93. The summed E-state index contributed by atoms with van der Waals surface area (Å²) in [7, 11) is 0. The monoisotopic (exact) mass is 255 g/mol. The largest absolute Gasteiger partial charge is 0.314 e. The fourth-order valence-electron chi connectivity index (χ4n) is 2.99. The lowest BCUT2D eigenvalue weighted by atomic mass is 9.88. The maximum atomic E-state index is 3.76. The second kappa shape index (κ2) is 7.04. The minimum Gasteiger partial charge on any atom is -0.314 e. The van der Waals surface area contributed by atoms with E-state index < -0.39 is 0 Å². The van der Waals surface area contributed by atoms with Crippen molar-refractivity contribution in [1.29, 1.82) is 0 Å². The third kappa shape index (κ3) is 5.21. The molecule has 1 nitrogen and oxygen atoms in total. The van der Waals surface area contributed by atoms with E-state index in [2.05, 4.69) is 30.9 Å². The lowest BCUT2D eigenvalue weighted by molar-refractivity contribution is 0.315. The molecule has 0 bridgehead atoms. The Morgan fingerprint density at radius 2 is 1.82 bits per heavy atom. The van der Waals surface area contributed by atoms with Crippen molar-refractivity contribution in [2.75, 3.05) is 12.3 Å². The summed E-state index contributed by atoms with van der Waals surface area (Å²) in [5.74, 6) is 3.36. The Balaban J connectivity index is 1.69. The molecule has 0 aromatic heterocycles. The average Bonchev–Trinajstić information content (AvgIpc) is 2.95. The van der Waals surface area contributed by atoms with Gasteiger partial charge in [-0.3, -0.25) is 0 Å². The Labute approximate surface area is 112 Å². The minimum atomic E-state index is 0.801. The first-order valence-electron chi connectivity index (χ1n) is 7.60. The van der Waals surface area contributed by atoms with Gasteiger partial charge in [0.25, 0.3) is 0 Å². The van der Waals surface area contributed by atoms with E-state index in [0.717, 1.165) is 23.1 Å². The quantitative estimate of drug-likeness (QED) is 0.701. The van der Waals surface area contributed by atoms with Gasteiger partial charge in [-0.1, -0.05) is 39.5 Å². The average molecular weight is 255 g/mol. The molecular formula is C15H29NS. The van der Waals surface area contributed by atoms with E-state index in [1.165, 1.54) is 57.2 Å². The molecule has 0 radical (unpaired) electrons. The van der Waals surface area contributed by atoms with Gasteiger partial charge in [-0.25, -0.2) is 0 Å². The van der Waals surface area contributed by atoms with Crippen molar-refractivity contribution in [2.45, 2.75) is 70.1 Å². The van der Waals surface area contributed by atoms with Gasteiger partial charge in [0.15, 0.2) is 0 Å². The van der Waals surface area contributed by atoms with E-state index in [9.17, 15) is 0 Å². The van der Waals surface area contributed by atoms with Gasteiger partial charge in [0, 0.05) is 6.04 Å². The summed E-state index contributed by atoms with van der Waals surface area (Å²) < 4.78 is 0. The molecule has 2 fully saturated rings. The maximum absolute atomic E-state index is 3.76. The zero-order valence-corrected chi connectivity index (χ0v) is 12.4. The van der Waals surface area contributed by atoms with Crippen LogP contribution in [0.1, 0.15) is 58.8 Å². The van der Waals surface area contributed by atoms with Gasteiger partial charge in [0.05, 0.1) is 0 Å². The number of thioether (sulfide) groups is 1. The molecule has 0 spiro atoms. The van der Waals surface area contributed by atoms with E-state index in [4.69, 9.17) is 0 Å².